The third-order valence-corrected chi connectivity index (χ3v) is 5.61. The third-order valence-electron chi connectivity index (χ3n) is 3.75. The van der Waals surface area contributed by atoms with E-state index in [0.717, 1.165) is 21.3 Å². The van der Waals surface area contributed by atoms with Gasteiger partial charge in [0.2, 0.25) is 0 Å². The van der Waals surface area contributed by atoms with E-state index in [-0.39, 0.29) is 5.91 Å². The number of anilines is 1. The molecule has 0 bridgehead atoms. The van der Waals surface area contributed by atoms with Crippen LogP contribution in [0.4, 0.5) is 5.13 Å². The van der Waals surface area contributed by atoms with Crippen LogP contribution >= 0.6 is 22.7 Å². The number of aromatic nitrogens is 1. The maximum absolute atomic E-state index is 12.7. The zero-order valence-electron chi connectivity index (χ0n) is 12.9. The number of fused-ring (bicyclic) bond motifs is 1. The zero-order valence-corrected chi connectivity index (χ0v) is 14.6. The molecule has 0 atom stereocenters. The number of nitrogens with one attached hydrogen (secondary N) is 1. The summed E-state index contributed by atoms with van der Waals surface area (Å²) in [5.74, 6) is -0.111. The summed E-state index contributed by atoms with van der Waals surface area (Å²) in [5, 5.41) is 5.51. The lowest BCUT2D eigenvalue weighted by Gasteiger charge is -2.04. The van der Waals surface area contributed by atoms with Gasteiger partial charge in [-0.05, 0) is 36.1 Å². The van der Waals surface area contributed by atoms with Crippen LogP contribution in [0, 0.1) is 6.92 Å². The lowest BCUT2D eigenvalue weighted by atomic mass is 10.0. The second-order valence-electron chi connectivity index (χ2n) is 5.47. The second kappa shape index (κ2) is 6.19. The van der Waals surface area contributed by atoms with Gasteiger partial charge in [-0.15, -0.1) is 11.3 Å². The summed E-state index contributed by atoms with van der Waals surface area (Å²) in [7, 11) is 0. The van der Waals surface area contributed by atoms with E-state index in [0.29, 0.717) is 10.0 Å². The summed E-state index contributed by atoms with van der Waals surface area (Å²) in [6.45, 7) is 2.05. The van der Waals surface area contributed by atoms with Crippen LogP contribution in [0.1, 0.15) is 15.2 Å². The van der Waals surface area contributed by atoms with Gasteiger partial charge in [0, 0.05) is 5.56 Å². The minimum absolute atomic E-state index is 0.111. The molecule has 0 fully saturated rings. The molecule has 0 spiro atoms. The van der Waals surface area contributed by atoms with Crippen molar-refractivity contribution in [2.75, 3.05) is 5.32 Å². The number of thiophene rings is 1. The molecule has 0 saturated heterocycles. The Morgan fingerprint density at radius 1 is 1.04 bits per heavy atom. The zero-order chi connectivity index (χ0) is 16.5. The maximum Gasteiger partial charge on any atom is 0.268 e. The highest BCUT2D eigenvalue weighted by Gasteiger charge is 2.16. The quantitative estimate of drug-likeness (QED) is 0.523. The fraction of sp³-hybridized carbons (Fsp3) is 0.0526. The van der Waals surface area contributed by atoms with Crippen LogP contribution in [0.15, 0.2) is 60.0 Å². The number of nitrogens with zero attached hydrogens (tertiary/aromatic N) is 1. The minimum Gasteiger partial charge on any atom is -0.297 e. The van der Waals surface area contributed by atoms with Crippen molar-refractivity contribution >= 4 is 43.9 Å². The highest BCUT2D eigenvalue weighted by Crippen LogP contribution is 2.31. The third kappa shape index (κ3) is 2.84. The SMILES string of the molecule is Cc1ccc(-c2ccsc2C(=O)Nc2nc3ccccc3s2)cc1. The van der Waals surface area contributed by atoms with E-state index in [4.69, 9.17) is 0 Å². The Morgan fingerprint density at radius 2 is 1.83 bits per heavy atom. The Kier molecular flexibility index (Phi) is 3.88. The molecule has 4 aromatic rings. The number of rotatable bonds is 3. The van der Waals surface area contributed by atoms with Crippen LogP contribution in [0.5, 0.6) is 0 Å². The molecule has 4 rings (SSSR count). The van der Waals surface area contributed by atoms with Gasteiger partial charge in [-0.1, -0.05) is 53.3 Å². The van der Waals surface area contributed by atoms with Gasteiger partial charge < -0.3 is 0 Å². The van der Waals surface area contributed by atoms with Gasteiger partial charge in [0.05, 0.1) is 10.2 Å². The van der Waals surface area contributed by atoms with Gasteiger partial charge >= 0.3 is 0 Å². The number of hydrogen-bond donors (Lipinski definition) is 1. The first kappa shape index (κ1) is 15.1. The Morgan fingerprint density at radius 3 is 2.62 bits per heavy atom. The molecule has 1 N–H and O–H groups in total. The highest BCUT2D eigenvalue weighted by atomic mass is 32.1. The monoisotopic (exact) mass is 350 g/mol. The molecule has 24 heavy (non-hydrogen) atoms. The van der Waals surface area contributed by atoms with Crippen molar-refractivity contribution in [2.24, 2.45) is 0 Å². The summed E-state index contributed by atoms with van der Waals surface area (Å²) < 4.78 is 1.07. The number of benzene rings is 2. The molecule has 0 radical (unpaired) electrons. The molecule has 118 valence electrons. The summed E-state index contributed by atoms with van der Waals surface area (Å²) >= 11 is 2.94. The standard InChI is InChI=1S/C19H14N2OS2/c1-12-6-8-13(9-7-12)14-10-11-23-17(14)18(22)21-19-20-15-4-2-3-5-16(15)24-19/h2-11H,1H3,(H,20,21,22). The molecule has 2 aromatic heterocycles. The van der Waals surface area contributed by atoms with Crippen molar-refractivity contribution in [3.05, 3.63) is 70.4 Å². The number of para-hydroxylation sites is 1. The van der Waals surface area contributed by atoms with Crippen LogP contribution in [-0.4, -0.2) is 10.9 Å². The Labute approximate surface area is 147 Å². The smallest absolute Gasteiger partial charge is 0.268 e. The van der Waals surface area contributed by atoms with Crippen LogP contribution in [0.25, 0.3) is 21.3 Å². The van der Waals surface area contributed by atoms with Gasteiger partial charge in [-0.3, -0.25) is 10.1 Å². The van der Waals surface area contributed by atoms with E-state index in [1.54, 1.807) is 0 Å². The fourth-order valence-corrected chi connectivity index (χ4v) is 4.20. The highest BCUT2D eigenvalue weighted by molar-refractivity contribution is 7.22. The summed E-state index contributed by atoms with van der Waals surface area (Å²) in [5.41, 5.74) is 4.12. The summed E-state index contributed by atoms with van der Waals surface area (Å²) in [6, 6.07) is 18.1. The van der Waals surface area contributed by atoms with Crippen LogP contribution in [0.2, 0.25) is 0 Å². The predicted octanol–water partition coefficient (Wildman–Crippen LogP) is 5.59. The van der Waals surface area contributed by atoms with E-state index >= 15 is 0 Å². The van der Waals surface area contributed by atoms with Crippen molar-refractivity contribution in [3.8, 4) is 11.1 Å². The molecule has 0 unspecified atom stereocenters. The number of amides is 1. The predicted molar refractivity (Wildman–Crippen MR) is 102 cm³/mol. The summed E-state index contributed by atoms with van der Waals surface area (Å²) in [6.07, 6.45) is 0. The van der Waals surface area contributed by atoms with Crippen molar-refractivity contribution in [2.45, 2.75) is 6.92 Å². The molecular weight excluding hydrogens is 336 g/mol. The van der Waals surface area contributed by atoms with Gasteiger partial charge in [-0.2, -0.15) is 0 Å². The Bertz CT molecular complexity index is 982. The van der Waals surface area contributed by atoms with E-state index in [2.05, 4.69) is 29.4 Å². The first-order chi connectivity index (χ1) is 11.7. The first-order valence-corrected chi connectivity index (χ1v) is 9.22. The van der Waals surface area contributed by atoms with Gasteiger partial charge in [-0.25, -0.2) is 4.98 Å². The molecule has 3 nitrogen and oxygen atoms in total. The Balaban J connectivity index is 1.63. The first-order valence-electron chi connectivity index (χ1n) is 7.52. The number of carbonyl (C=O) groups is 1. The molecular formula is C19H14N2OS2. The van der Waals surface area contributed by atoms with Gasteiger partial charge in [0.25, 0.3) is 5.91 Å². The molecule has 5 heteroatoms. The van der Waals surface area contributed by atoms with E-state index in [9.17, 15) is 4.79 Å². The average Bonchev–Trinajstić information content (AvgIpc) is 3.21. The topological polar surface area (TPSA) is 42.0 Å². The molecule has 2 heterocycles. The number of carbonyl (C=O) groups excluding carboxylic acids is 1. The minimum atomic E-state index is -0.111. The lowest BCUT2D eigenvalue weighted by Crippen LogP contribution is -2.10. The van der Waals surface area contributed by atoms with Crippen molar-refractivity contribution in [3.63, 3.8) is 0 Å². The summed E-state index contributed by atoms with van der Waals surface area (Å²) in [4.78, 5) is 17.9. The molecule has 0 aliphatic heterocycles. The van der Waals surface area contributed by atoms with Crippen LogP contribution in [-0.2, 0) is 0 Å². The van der Waals surface area contributed by atoms with E-state index in [1.807, 2.05) is 47.8 Å². The van der Waals surface area contributed by atoms with Crippen LogP contribution < -0.4 is 5.32 Å². The van der Waals surface area contributed by atoms with Gasteiger partial charge in [0.15, 0.2) is 5.13 Å². The van der Waals surface area contributed by atoms with Crippen LogP contribution in [0.3, 0.4) is 0 Å². The molecule has 0 aliphatic carbocycles. The Hall–Kier alpha value is -2.50. The molecule has 0 saturated carbocycles. The van der Waals surface area contributed by atoms with E-state index < -0.39 is 0 Å². The molecule has 0 aliphatic rings. The van der Waals surface area contributed by atoms with Crippen molar-refractivity contribution in [1.82, 2.24) is 4.98 Å². The largest absolute Gasteiger partial charge is 0.297 e. The fourth-order valence-electron chi connectivity index (χ4n) is 2.53. The number of aryl methyl sites for hydroxylation is 1. The van der Waals surface area contributed by atoms with Gasteiger partial charge in [0.1, 0.15) is 4.88 Å². The normalized spacial score (nSPS) is 10.9. The number of hydrogen-bond acceptors (Lipinski definition) is 4. The second-order valence-corrected chi connectivity index (χ2v) is 7.42. The number of thiazole rings is 1. The van der Waals surface area contributed by atoms with E-state index in [1.165, 1.54) is 28.2 Å². The molecule has 2 aromatic carbocycles. The molecule has 1 amide bonds. The van der Waals surface area contributed by atoms with Crippen molar-refractivity contribution in [1.29, 1.82) is 0 Å². The average molecular weight is 350 g/mol. The van der Waals surface area contributed by atoms with Crippen molar-refractivity contribution < 1.29 is 4.79 Å². The lowest BCUT2D eigenvalue weighted by molar-refractivity contribution is 0.103. The maximum atomic E-state index is 12.7.